The summed E-state index contributed by atoms with van der Waals surface area (Å²) in [6, 6.07) is 21.8. The molecule has 0 saturated carbocycles. The normalized spacial score (nSPS) is 11.8. The Kier molecular flexibility index (Phi) is 4.13. The first-order valence-corrected chi connectivity index (χ1v) is 8.62. The van der Waals surface area contributed by atoms with Crippen LogP contribution in [0.3, 0.4) is 0 Å². The Bertz CT molecular complexity index is 1060. The number of halogens is 1. The highest BCUT2D eigenvalue weighted by Gasteiger charge is 2.12. The van der Waals surface area contributed by atoms with Crippen LogP contribution in [0.1, 0.15) is 0 Å². The average Bonchev–Trinajstić information content (AvgIpc) is 2.66. The molecule has 2 aromatic heterocycles. The second-order valence-corrected chi connectivity index (χ2v) is 6.36. The van der Waals surface area contributed by atoms with E-state index < -0.39 is 0 Å². The van der Waals surface area contributed by atoms with Crippen LogP contribution in [-0.4, -0.2) is 4.98 Å². The van der Waals surface area contributed by atoms with Crippen molar-refractivity contribution in [3.8, 4) is 11.3 Å². The quantitative estimate of drug-likeness (QED) is 0.408. The van der Waals surface area contributed by atoms with Gasteiger partial charge in [-0.2, -0.15) is 0 Å². The Morgan fingerprint density at radius 2 is 1.54 bits per heavy atom. The fourth-order valence-corrected chi connectivity index (χ4v) is 3.40. The van der Waals surface area contributed by atoms with Gasteiger partial charge < -0.3 is 4.42 Å². The number of benzene rings is 2. The van der Waals surface area contributed by atoms with Crippen molar-refractivity contribution in [2.45, 2.75) is 0 Å². The third-order valence-electron chi connectivity index (χ3n) is 3.71. The molecule has 0 aliphatic heterocycles. The first-order chi connectivity index (χ1) is 11.8. The summed E-state index contributed by atoms with van der Waals surface area (Å²) in [5.74, 6) is 0.811. The number of fused-ring (bicyclic) bond motifs is 1. The summed E-state index contributed by atoms with van der Waals surface area (Å²) < 4.78 is 7.25. The second-order valence-electron chi connectivity index (χ2n) is 5.28. The van der Waals surface area contributed by atoms with Gasteiger partial charge >= 0.3 is 0 Å². The molecule has 0 aliphatic rings. The number of rotatable bonds is 2. The van der Waals surface area contributed by atoms with Crippen molar-refractivity contribution in [3.05, 3.63) is 88.2 Å². The van der Waals surface area contributed by atoms with Gasteiger partial charge in [-0.25, -0.2) is 4.99 Å². The van der Waals surface area contributed by atoms with Crippen LogP contribution >= 0.6 is 22.6 Å². The van der Waals surface area contributed by atoms with E-state index in [0.29, 0.717) is 5.55 Å². The van der Waals surface area contributed by atoms with Gasteiger partial charge in [-0.1, -0.05) is 48.5 Å². The van der Waals surface area contributed by atoms with E-state index in [1.807, 2.05) is 72.9 Å². The van der Waals surface area contributed by atoms with Crippen LogP contribution in [0.5, 0.6) is 0 Å². The van der Waals surface area contributed by atoms with E-state index in [-0.39, 0.29) is 0 Å². The maximum absolute atomic E-state index is 6.21. The summed E-state index contributed by atoms with van der Waals surface area (Å²) in [4.78, 5) is 8.97. The number of para-hydroxylation sites is 1. The van der Waals surface area contributed by atoms with E-state index in [2.05, 4.69) is 27.6 Å². The molecule has 0 spiro atoms. The van der Waals surface area contributed by atoms with Crippen molar-refractivity contribution >= 4 is 39.1 Å². The molecule has 3 nitrogen and oxygen atoms in total. The lowest BCUT2D eigenvalue weighted by Gasteiger charge is -2.08. The van der Waals surface area contributed by atoms with E-state index in [0.717, 1.165) is 31.4 Å². The molecule has 0 unspecified atom stereocenters. The third-order valence-corrected chi connectivity index (χ3v) is 4.78. The van der Waals surface area contributed by atoms with Crippen LogP contribution in [0.2, 0.25) is 0 Å². The highest BCUT2D eigenvalue weighted by atomic mass is 127. The van der Waals surface area contributed by atoms with Gasteiger partial charge in [0, 0.05) is 28.7 Å². The van der Waals surface area contributed by atoms with Crippen molar-refractivity contribution < 1.29 is 4.42 Å². The van der Waals surface area contributed by atoms with Gasteiger partial charge in [0.25, 0.3) is 0 Å². The van der Waals surface area contributed by atoms with Gasteiger partial charge in [0.15, 0.2) is 5.76 Å². The number of pyridine rings is 1. The molecule has 4 heteroatoms. The van der Waals surface area contributed by atoms with Gasteiger partial charge in [0.05, 0.1) is 9.26 Å². The van der Waals surface area contributed by atoms with Crippen molar-refractivity contribution in [2.75, 3.05) is 0 Å². The molecule has 0 N–H and O–H groups in total. The SMILES string of the molecule is Ic1c(-c2ccccc2)oc(=Nc2ccccc2)c2ccncc12. The van der Waals surface area contributed by atoms with Crippen molar-refractivity contribution in [1.29, 1.82) is 0 Å². The van der Waals surface area contributed by atoms with E-state index in [9.17, 15) is 0 Å². The zero-order valence-electron chi connectivity index (χ0n) is 12.7. The molecule has 4 aromatic rings. The summed E-state index contributed by atoms with van der Waals surface area (Å²) in [5, 5.41) is 2.00. The summed E-state index contributed by atoms with van der Waals surface area (Å²) in [6.45, 7) is 0. The molecule has 116 valence electrons. The van der Waals surface area contributed by atoms with Crippen molar-refractivity contribution in [2.24, 2.45) is 4.99 Å². The van der Waals surface area contributed by atoms with Crippen LogP contribution in [0.25, 0.3) is 22.1 Å². The van der Waals surface area contributed by atoms with Crippen molar-refractivity contribution in [1.82, 2.24) is 4.98 Å². The van der Waals surface area contributed by atoms with Gasteiger partial charge in [-0.15, -0.1) is 0 Å². The number of aromatic nitrogens is 1. The summed E-state index contributed by atoms with van der Waals surface area (Å²) in [6.07, 6.45) is 3.63. The molecule has 0 radical (unpaired) electrons. The molecule has 4 rings (SSSR count). The number of hydrogen-bond acceptors (Lipinski definition) is 3. The molecule has 2 aromatic carbocycles. The highest BCUT2D eigenvalue weighted by Crippen LogP contribution is 2.29. The molecule has 0 bridgehead atoms. The zero-order chi connectivity index (χ0) is 16.4. The Labute approximate surface area is 152 Å². The predicted molar refractivity (Wildman–Crippen MR) is 104 cm³/mol. The predicted octanol–water partition coefficient (Wildman–Crippen LogP) is 5.33. The fraction of sp³-hybridized carbons (Fsp3) is 0. The number of nitrogens with zero attached hydrogens (tertiary/aromatic N) is 2. The Balaban J connectivity index is 2.06. The minimum Gasteiger partial charge on any atom is -0.437 e. The van der Waals surface area contributed by atoms with Crippen LogP contribution in [0.15, 0.2) is 88.5 Å². The molecule has 0 aliphatic carbocycles. The van der Waals surface area contributed by atoms with Crippen LogP contribution in [-0.2, 0) is 0 Å². The molecule has 0 saturated heterocycles. The monoisotopic (exact) mass is 424 g/mol. The highest BCUT2D eigenvalue weighted by molar-refractivity contribution is 14.1. The average molecular weight is 424 g/mol. The molecule has 24 heavy (non-hydrogen) atoms. The standard InChI is InChI=1S/C20H13IN2O/c21-18-17-13-22-12-11-16(17)20(23-15-9-5-2-6-10-15)24-19(18)14-7-3-1-4-8-14/h1-13H. The minimum absolute atomic E-state index is 0.595. The summed E-state index contributed by atoms with van der Waals surface area (Å²) >= 11 is 2.31. The van der Waals surface area contributed by atoms with Gasteiger partial charge in [-0.3, -0.25) is 4.98 Å². The zero-order valence-corrected chi connectivity index (χ0v) is 14.8. The van der Waals surface area contributed by atoms with E-state index in [4.69, 9.17) is 9.41 Å². The molecule has 2 heterocycles. The Hall–Kier alpha value is -2.47. The summed E-state index contributed by atoms with van der Waals surface area (Å²) in [5.41, 5.74) is 2.48. The maximum atomic E-state index is 6.21. The topological polar surface area (TPSA) is 38.4 Å². The van der Waals surface area contributed by atoms with E-state index in [1.54, 1.807) is 6.20 Å². The van der Waals surface area contributed by atoms with E-state index >= 15 is 0 Å². The lowest BCUT2D eigenvalue weighted by Crippen LogP contribution is -2.05. The van der Waals surface area contributed by atoms with Gasteiger partial charge in [0.1, 0.15) is 0 Å². The number of hydrogen-bond donors (Lipinski definition) is 0. The molecule has 0 amide bonds. The smallest absolute Gasteiger partial charge is 0.227 e. The second kappa shape index (κ2) is 6.57. The molecule has 0 atom stereocenters. The Morgan fingerprint density at radius 1 is 0.833 bits per heavy atom. The lowest BCUT2D eigenvalue weighted by atomic mass is 10.1. The molecular formula is C20H13IN2O. The van der Waals surface area contributed by atoms with Gasteiger partial charge in [-0.05, 0) is 40.8 Å². The van der Waals surface area contributed by atoms with Crippen LogP contribution < -0.4 is 5.55 Å². The summed E-state index contributed by atoms with van der Waals surface area (Å²) in [7, 11) is 0. The fourth-order valence-electron chi connectivity index (χ4n) is 2.55. The first-order valence-electron chi connectivity index (χ1n) is 7.54. The third kappa shape index (κ3) is 2.85. The lowest BCUT2D eigenvalue weighted by molar-refractivity contribution is 0.518. The van der Waals surface area contributed by atoms with E-state index in [1.165, 1.54) is 0 Å². The van der Waals surface area contributed by atoms with Crippen LogP contribution in [0, 0.1) is 3.57 Å². The first kappa shape index (κ1) is 15.1. The van der Waals surface area contributed by atoms with Crippen LogP contribution in [0.4, 0.5) is 5.69 Å². The maximum Gasteiger partial charge on any atom is 0.227 e. The Morgan fingerprint density at radius 3 is 2.29 bits per heavy atom. The largest absolute Gasteiger partial charge is 0.437 e. The molecular weight excluding hydrogens is 411 g/mol. The molecule has 0 fully saturated rings. The van der Waals surface area contributed by atoms with Crippen molar-refractivity contribution in [3.63, 3.8) is 0 Å². The van der Waals surface area contributed by atoms with Gasteiger partial charge in [0.2, 0.25) is 5.55 Å². The minimum atomic E-state index is 0.595.